The first-order valence-electron chi connectivity index (χ1n) is 7.33. The van der Waals surface area contributed by atoms with Gasteiger partial charge in [0.2, 0.25) is 0 Å². The van der Waals surface area contributed by atoms with Gasteiger partial charge in [-0.25, -0.2) is 0 Å². The Morgan fingerprint density at radius 3 is 2.60 bits per heavy atom. The summed E-state index contributed by atoms with van der Waals surface area (Å²) >= 11 is 0. The van der Waals surface area contributed by atoms with E-state index in [0.717, 1.165) is 25.8 Å². The van der Waals surface area contributed by atoms with Crippen LogP contribution in [0.5, 0.6) is 5.75 Å². The molecule has 0 saturated carbocycles. The van der Waals surface area contributed by atoms with Gasteiger partial charge in [0.25, 0.3) is 5.91 Å². The van der Waals surface area contributed by atoms with Crippen molar-refractivity contribution in [3.8, 4) is 5.75 Å². The zero-order chi connectivity index (χ0) is 15.0. The van der Waals surface area contributed by atoms with Crippen molar-refractivity contribution in [1.82, 2.24) is 4.90 Å². The maximum Gasteiger partial charge on any atom is 0.260 e. The second kappa shape index (κ2) is 8.46. The topological polar surface area (TPSA) is 55.6 Å². The Morgan fingerprint density at radius 2 is 2.00 bits per heavy atom. The molecule has 0 aliphatic heterocycles. The SMILES string of the molecule is CCCCCN(C(=O)COc1ccccc1N)C(C)C. The van der Waals surface area contributed by atoms with Gasteiger partial charge in [0.05, 0.1) is 5.69 Å². The Bertz CT molecular complexity index is 419. The van der Waals surface area contributed by atoms with E-state index < -0.39 is 0 Å². The fourth-order valence-corrected chi connectivity index (χ4v) is 2.04. The van der Waals surface area contributed by atoms with E-state index in [1.807, 2.05) is 30.9 Å². The first-order valence-corrected chi connectivity index (χ1v) is 7.33. The van der Waals surface area contributed by atoms with E-state index in [1.165, 1.54) is 0 Å². The minimum atomic E-state index is 0.0133. The van der Waals surface area contributed by atoms with Crippen LogP contribution in [0, 0.1) is 0 Å². The van der Waals surface area contributed by atoms with Crippen LogP contribution < -0.4 is 10.5 Å². The molecule has 1 aromatic rings. The molecule has 0 saturated heterocycles. The summed E-state index contributed by atoms with van der Waals surface area (Å²) in [7, 11) is 0. The standard InChI is InChI=1S/C16H26N2O2/c1-4-5-8-11-18(13(2)3)16(19)12-20-15-10-7-6-9-14(15)17/h6-7,9-10,13H,4-5,8,11-12,17H2,1-3H3. The summed E-state index contributed by atoms with van der Waals surface area (Å²) in [4.78, 5) is 14.1. The van der Waals surface area contributed by atoms with Crippen molar-refractivity contribution in [2.24, 2.45) is 0 Å². The molecule has 1 aromatic carbocycles. The second-order valence-corrected chi connectivity index (χ2v) is 5.21. The highest BCUT2D eigenvalue weighted by Crippen LogP contribution is 2.19. The molecule has 0 fully saturated rings. The largest absolute Gasteiger partial charge is 0.482 e. The number of rotatable bonds is 8. The predicted molar refractivity (Wildman–Crippen MR) is 82.7 cm³/mol. The third-order valence-corrected chi connectivity index (χ3v) is 3.22. The molecule has 0 radical (unpaired) electrons. The highest BCUT2D eigenvalue weighted by molar-refractivity contribution is 5.78. The van der Waals surface area contributed by atoms with Crippen molar-refractivity contribution in [3.63, 3.8) is 0 Å². The maximum absolute atomic E-state index is 12.2. The number of amides is 1. The van der Waals surface area contributed by atoms with Gasteiger partial charge in [-0.2, -0.15) is 0 Å². The van der Waals surface area contributed by atoms with Crippen LogP contribution in [0.15, 0.2) is 24.3 Å². The van der Waals surface area contributed by atoms with Gasteiger partial charge in [-0.1, -0.05) is 31.9 Å². The van der Waals surface area contributed by atoms with Crippen molar-refractivity contribution in [2.75, 3.05) is 18.9 Å². The summed E-state index contributed by atoms with van der Waals surface area (Å²) < 4.78 is 5.52. The monoisotopic (exact) mass is 278 g/mol. The fraction of sp³-hybridized carbons (Fsp3) is 0.562. The Hall–Kier alpha value is -1.71. The molecule has 0 aromatic heterocycles. The molecule has 0 aliphatic rings. The summed E-state index contributed by atoms with van der Waals surface area (Å²) in [5.74, 6) is 0.581. The molecule has 2 N–H and O–H groups in total. The molecule has 0 spiro atoms. The summed E-state index contributed by atoms with van der Waals surface area (Å²) in [6.45, 7) is 7.04. The molecule has 0 aliphatic carbocycles. The number of hydrogen-bond acceptors (Lipinski definition) is 3. The highest BCUT2D eigenvalue weighted by Gasteiger charge is 2.17. The first kappa shape index (κ1) is 16.3. The van der Waals surface area contributed by atoms with Gasteiger partial charge in [0, 0.05) is 12.6 Å². The lowest BCUT2D eigenvalue weighted by Crippen LogP contribution is -2.40. The second-order valence-electron chi connectivity index (χ2n) is 5.21. The van der Waals surface area contributed by atoms with E-state index in [9.17, 15) is 4.79 Å². The zero-order valence-corrected chi connectivity index (χ0v) is 12.8. The molecule has 4 nitrogen and oxygen atoms in total. The van der Waals surface area contributed by atoms with Crippen LogP contribution in [0.4, 0.5) is 5.69 Å². The van der Waals surface area contributed by atoms with Crippen LogP contribution in [-0.2, 0) is 4.79 Å². The quantitative estimate of drug-likeness (QED) is 0.587. The number of carbonyl (C=O) groups excluding carboxylic acids is 1. The lowest BCUT2D eigenvalue weighted by molar-refractivity contribution is -0.135. The van der Waals surface area contributed by atoms with Gasteiger partial charge in [0.1, 0.15) is 5.75 Å². The van der Waals surface area contributed by atoms with Crippen LogP contribution in [0.3, 0.4) is 0 Å². The van der Waals surface area contributed by atoms with E-state index in [-0.39, 0.29) is 18.6 Å². The Morgan fingerprint density at radius 1 is 1.30 bits per heavy atom. The summed E-state index contributed by atoms with van der Waals surface area (Å²) in [6, 6.07) is 7.42. The number of ether oxygens (including phenoxy) is 1. The number of unbranched alkanes of at least 4 members (excludes halogenated alkanes) is 2. The number of nitrogens with two attached hydrogens (primary N) is 1. The maximum atomic E-state index is 12.2. The minimum absolute atomic E-state index is 0.0133. The van der Waals surface area contributed by atoms with E-state index in [4.69, 9.17) is 10.5 Å². The smallest absolute Gasteiger partial charge is 0.260 e. The Balaban J connectivity index is 2.52. The van der Waals surface area contributed by atoms with Gasteiger partial charge in [-0.3, -0.25) is 4.79 Å². The molecule has 20 heavy (non-hydrogen) atoms. The van der Waals surface area contributed by atoms with E-state index >= 15 is 0 Å². The van der Waals surface area contributed by atoms with E-state index in [2.05, 4.69) is 6.92 Å². The third kappa shape index (κ3) is 5.11. The van der Waals surface area contributed by atoms with Crippen molar-refractivity contribution in [3.05, 3.63) is 24.3 Å². The van der Waals surface area contributed by atoms with Crippen LogP contribution >= 0.6 is 0 Å². The lowest BCUT2D eigenvalue weighted by atomic mass is 10.2. The van der Waals surface area contributed by atoms with Crippen LogP contribution in [-0.4, -0.2) is 30.0 Å². The molecule has 0 bridgehead atoms. The van der Waals surface area contributed by atoms with Crippen molar-refractivity contribution in [1.29, 1.82) is 0 Å². The van der Waals surface area contributed by atoms with Crippen molar-refractivity contribution < 1.29 is 9.53 Å². The summed E-state index contributed by atoms with van der Waals surface area (Å²) in [6.07, 6.45) is 3.33. The number of benzene rings is 1. The van der Waals surface area contributed by atoms with Gasteiger partial charge < -0.3 is 15.4 Å². The highest BCUT2D eigenvalue weighted by atomic mass is 16.5. The number of para-hydroxylation sites is 2. The molecule has 112 valence electrons. The fourth-order valence-electron chi connectivity index (χ4n) is 2.04. The number of anilines is 1. The number of nitrogens with zero attached hydrogens (tertiary/aromatic N) is 1. The first-order chi connectivity index (χ1) is 9.56. The van der Waals surface area contributed by atoms with Crippen molar-refractivity contribution >= 4 is 11.6 Å². The molecule has 1 amide bonds. The number of hydrogen-bond donors (Lipinski definition) is 1. The van der Waals surface area contributed by atoms with Crippen LogP contribution in [0.2, 0.25) is 0 Å². The zero-order valence-electron chi connectivity index (χ0n) is 12.8. The average molecular weight is 278 g/mol. The normalized spacial score (nSPS) is 10.6. The molecule has 0 unspecified atom stereocenters. The minimum Gasteiger partial charge on any atom is -0.482 e. The number of carbonyl (C=O) groups is 1. The van der Waals surface area contributed by atoms with E-state index in [0.29, 0.717) is 11.4 Å². The van der Waals surface area contributed by atoms with Gasteiger partial charge in [-0.05, 0) is 32.4 Å². The summed E-state index contributed by atoms with van der Waals surface area (Å²) in [5, 5.41) is 0. The van der Waals surface area contributed by atoms with Crippen LogP contribution in [0.25, 0.3) is 0 Å². The number of nitrogen functional groups attached to an aromatic ring is 1. The Kier molecular flexibility index (Phi) is 6.91. The molecular weight excluding hydrogens is 252 g/mol. The molecule has 1 rings (SSSR count). The van der Waals surface area contributed by atoms with Crippen molar-refractivity contribution in [2.45, 2.75) is 46.1 Å². The van der Waals surface area contributed by atoms with Crippen LogP contribution in [0.1, 0.15) is 40.0 Å². The van der Waals surface area contributed by atoms with Gasteiger partial charge >= 0.3 is 0 Å². The average Bonchev–Trinajstić information content (AvgIpc) is 2.42. The van der Waals surface area contributed by atoms with Gasteiger partial charge in [-0.15, -0.1) is 0 Å². The van der Waals surface area contributed by atoms with E-state index in [1.54, 1.807) is 12.1 Å². The third-order valence-electron chi connectivity index (χ3n) is 3.22. The Labute approximate surface area is 121 Å². The molecular formula is C16H26N2O2. The summed E-state index contributed by atoms with van der Waals surface area (Å²) in [5.41, 5.74) is 6.35. The lowest BCUT2D eigenvalue weighted by Gasteiger charge is -2.26. The van der Waals surface area contributed by atoms with Gasteiger partial charge in [0.15, 0.2) is 6.61 Å². The molecule has 0 atom stereocenters. The predicted octanol–water partition coefficient (Wildman–Crippen LogP) is 3.07. The molecule has 4 heteroatoms. The molecule has 0 heterocycles.